The van der Waals surface area contributed by atoms with Gasteiger partial charge in [-0.2, -0.15) is 6.08 Å². The first-order chi connectivity index (χ1) is 21.2. The van der Waals surface area contributed by atoms with Crippen molar-refractivity contribution in [2.75, 3.05) is 0 Å². The molecule has 0 saturated heterocycles. The Morgan fingerprint density at radius 3 is 1.51 bits per heavy atom. The molecule has 0 aromatic heterocycles. The van der Waals surface area contributed by atoms with Crippen LogP contribution in [0.3, 0.4) is 0 Å². The van der Waals surface area contributed by atoms with Crippen LogP contribution in [-0.4, -0.2) is 3.21 Å². The Kier molecular flexibility index (Phi) is 12.6. The molecule has 6 aliphatic carbocycles. The predicted octanol–water partition coefficient (Wildman–Crippen LogP) is 6.51. The Bertz CT molecular complexity index is 1510. The van der Waals surface area contributed by atoms with Gasteiger partial charge in [-0.05, 0) is 72.5 Å². The Balaban J connectivity index is 0.000000173. The van der Waals surface area contributed by atoms with Crippen LogP contribution in [0.25, 0.3) is 21.5 Å². The van der Waals surface area contributed by atoms with E-state index >= 15 is 0 Å². The average molecular weight is 749 g/mol. The summed E-state index contributed by atoms with van der Waals surface area (Å²) in [6.45, 7) is 18.3. The summed E-state index contributed by atoms with van der Waals surface area (Å²) in [6.07, 6.45) is 22.6. The molecule has 1 unspecified atom stereocenters. The zero-order valence-corrected chi connectivity index (χ0v) is 34.4. The third-order valence-electron chi connectivity index (χ3n) is 11.7. The SMILES string of the molecule is CC(C)(C)c1ccc2[cH-]c3ccc(C(C)(C)C)cc3c2c1.CC1=CC(C)[C-]=C1C12CC3CC(CC(C3)C1)C2.[Cl-].[Cl-].[Zr+2]=[C]1CCCCC1. The quantitative estimate of drug-likeness (QED) is 0.249. The Morgan fingerprint density at radius 1 is 0.723 bits per heavy atom. The van der Waals surface area contributed by atoms with Gasteiger partial charge < -0.3 is 24.8 Å². The van der Waals surface area contributed by atoms with Crippen LogP contribution in [-0.2, 0) is 35.1 Å². The zero-order chi connectivity index (χ0) is 32.1. The molecule has 1 atom stereocenters. The number of hydrogen-bond donors (Lipinski definition) is 0. The molecule has 47 heavy (non-hydrogen) atoms. The van der Waals surface area contributed by atoms with Gasteiger partial charge in [-0.3, -0.25) is 6.08 Å². The van der Waals surface area contributed by atoms with E-state index in [1.807, 2.05) is 0 Å². The number of halogens is 2. The summed E-state index contributed by atoms with van der Waals surface area (Å²) in [7, 11) is 0. The van der Waals surface area contributed by atoms with Gasteiger partial charge in [0, 0.05) is 0 Å². The van der Waals surface area contributed by atoms with Crippen molar-refractivity contribution in [1.29, 1.82) is 0 Å². The van der Waals surface area contributed by atoms with Crippen LogP contribution >= 0.6 is 0 Å². The van der Waals surface area contributed by atoms with Crippen LogP contribution in [0.15, 0.2) is 59.7 Å². The van der Waals surface area contributed by atoms with Crippen LogP contribution in [0, 0.1) is 35.2 Å². The molecular formula is C44H58Cl2Zr-2. The second kappa shape index (κ2) is 15.2. The van der Waals surface area contributed by atoms with Gasteiger partial charge in [-0.25, -0.2) is 11.1 Å². The predicted molar refractivity (Wildman–Crippen MR) is 193 cm³/mol. The number of benzene rings is 2. The maximum atomic E-state index is 3.78. The standard InChI is InChI=1S/C21H25.C17H23.C6H10.2ClH.Zr/c1-20(2,3)16-9-7-14-11-15-8-10-17(21(4,5)6)13-19(15)18(14)12-16;1-11-3-12(2)16(4-11)17-8-13-5-14(9-17)7-15(6-13)10-17;1-2-4-6-5-3-1;;;/h7-13H,1-6H3;3,11,13-15H,5-10H2,1-2H3;1-5H2;2*1H;/q2*-1;;;;+2/p-2. The van der Waals surface area contributed by atoms with Crippen molar-refractivity contribution in [3.63, 3.8) is 0 Å². The Hall–Kier alpha value is -0.877. The monoisotopic (exact) mass is 746 g/mol. The van der Waals surface area contributed by atoms with Gasteiger partial charge in [-0.15, -0.1) is 46.7 Å². The van der Waals surface area contributed by atoms with Crippen molar-refractivity contribution in [3.05, 3.63) is 76.9 Å². The van der Waals surface area contributed by atoms with E-state index < -0.39 is 0 Å². The van der Waals surface area contributed by atoms with Crippen molar-refractivity contribution in [3.8, 4) is 0 Å². The minimum absolute atomic E-state index is 0. The third kappa shape index (κ3) is 8.72. The Labute approximate surface area is 314 Å². The van der Waals surface area contributed by atoms with Crippen LogP contribution in [0.4, 0.5) is 0 Å². The molecule has 5 saturated carbocycles. The summed E-state index contributed by atoms with van der Waals surface area (Å²) in [5.41, 5.74) is 6.97. The first-order valence-corrected chi connectivity index (χ1v) is 19.5. The molecular weight excluding hydrogens is 691 g/mol. The summed E-state index contributed by atoms with van der Waals surface area (Å²) in [5, 5.41) is 5.49. The molecule has 9 rings (SSSR count). The van der Waals surface area contributed by atoms with Crippen LogP contribution in [0.1, 0.15) is 137 Å². The van der Waals surface area contributed by atoms with E-state index in [1.54, 1.807) is 57.8 Å². The summed E-state index contributed by atoms with van der Waals surface area (Å²) in [6, 6.07) is 16.1. The van der Waals surface area contributed by atoms with Crippen LogP contribution in [0.2, 0.25) is 0 Å². The normalized spacial score (nSPS) is 28.0. The summed E-state index contributed by atoms with van der Waals surface area (Å²) in [4.78, 5) is 0. The summed E-state index contributed by atoms with van der Waals surface area (Å²) < 4.78 is 1.80. The van der Waals surface area contributed by atoms with E-state index in [2.05, 4.69) is 110 Å². The number of allylic oxidation sites excluding steroid dienone is 4. The van der Waals surface area contributed by atoms with Gasteiger partial charge in [-0.1, -0.05) is 89.8 Å². The van der Waals surface area contributed by atoms with Gasteiger partial charge >= 0.3 is 59.5 Å². The number of hydrogen-bond acceptors (Lipinski definition) is 0. The molecule has 0 heterocycles. The van der Waals surface area contributed by atoms with Crippen molar-refractivity contribution in [1.82, 2.24) is 0 Å². The zero-order valence-electron chi connectivity index (χ0n) is 30.5. The van der Waals surface area contributed by atoms with E-state index in [1.165, 1.54) is 84.0 Å². The van der Waals surface area contributed by atoms with Gasteiger partial charge in [0.1, 0.15) is 0 Å². The van der Waals surface area contributed by atoms with Gasteiger partial charge in [0.15, 0.2) is 0 Å². The molecule has 0 N–H and O–H groups in total. The first-order valence-electron chi connectivity index (χ1n) is 18.2. The van der Waals surface area contributed by atoms with Crippen molar-refractivity contribution in [2.24, 2.45) is 29.1 Å². The number of rotatable bonds is 1. The maximum absolute atomic E-state index is 3.78. The van der Waals surface area contributed by atoms with E-state index in [-0.39, 0.29) is 35.6 Å². The molecule has 254 valence electrons. The molecule has 0 aliphatic heterocycles. The molecule has 0 spiro atoms. The van der Waals surface area contributed by atoms with E-state index in [0.717, 1.165) is 17.8 Å². The molecule has 3 aromatic rings. The molecule has 0 radical (unpaired) electrons. The Morgan fingerprint density at radius 2 is 1.17 bits per heavy atom. The van der Waals surface area contributed by atoms with Gasteiger partial charge in [0.05, 0.1) is 0 Å². The molecule has 6 aliphatic rings. The number of fused-ring (bicyclic) bond motifs is 3. The summed E-state index contributed by atoms with van der Waals surface area (Å²) in [5.74, 6) is 3.73. The van der Waals surface area contributed by atoms with E-state index in [9.17, 15) is 0 Å². The van der Waals surface area contributed by atoms with Crippen LogP contribution in [0.5, 0.6) is 0 Å². The fourth-order valence-corrected chi connectivity index (χ4v) is 10.6. The van der Waals surface area contributed by atoms with Crippen molar-refractivity contribution >= 4 is 24.8 Å². The van der Waals surface area contributed by atoms with E-state index in [0.29, 0.717) is 11.3 Å². The fourth-order valence-electron chi connectivity index (χ4n) is 9.74. The molecule has 0 nitrogen and oxygen atoms in total. The molecule has 0 amide bonds. The second-order valence-corrected chi connectivity index (χ2v) is 19.5. The third-order valence-corrected chi connectivity index (χ3v) is 13.0. The molecule has 3 heteroatoms. The van der Waals surface area contributed by atoms with Gasteiger partial charge in [0.2, 0.25) is 0 Å². The first kappa shape index (κ1) is 38.9. The minimum atomic E-state index is 0. The molecule has 4 bridgehead atoms. The fraction of sp³-hybridized carbons (Fsp3) is 0.591. The summed E-state index contributed by atoms with van der Waals surface area (Å²) >= 11 is 1.69. The van der Waals surface area contributed by atoms with Crippen molar-refractivity contribution < 1.29 is 49.0 Å². The topological polar surface area (TPSA) is 0 Å². The van der Waals surface area contributed by atoms with Crippen molar-refractivity contribution in [2.45, 2.75) is 137 Å². The average Bonchev–Trinajstić information content (AvgIpc) is 3.50. The second-order valence-electron chi connectivity index (χ2n) is 17.8. The van der Waals surface area contributed by atoms with Gasteiger partial charge in [0.25, 0.3) is 0 Å². The molecule has 5 fully saturated rings. The molecule has 3 aromatic carbocycles. The van der Waals surface area contributed by atoms with E-state index in [4.69, 9.17) is 0 Å². The van der Waals surface area contributed by atoms with Crippen LogP contribution < -0.4 is 24.8 Å².